The van der Waals surface area contributed by atoms with Crippen LogP contribution in [0.15, 0.2) is 0 Å². The van der Waals surface area contributed by atoms with Crippen LogP contribution in [0.5, 0.6) is 0 Å². The maximum Gasteiger partial charge on any atom is 0.230 e. The van der Waals surface area contributed by atoms with Crippen LogP contribution in [0.4, 0.5) is 0 Å². The Kier molecular flexibility index (Phi) is 2.39. The number of carbonyl (C=O) groups excluding carboxylic acids is 1. The van der Waals surface area contributed by atoms with Crippen molar-refractivity contribution >= 4 is 16.7 Å². The minimum atomic E-state index is -1.05. The maximum absolute atomic E-state index is 11.0. The van der Waals surface area contributed by atoms with Crippen molar-refractivity contribution in [1.29, 1.82) is 0 Å². The van der Waals surface area contributed by atoms with E-state index >= 15 is 0 Å². The molecule has 1 rings (SSSR count). The number of amides is 1. The van der Waals surface area contributed by atoms with Gasteiger partial charge in [-0.1, -0.05) is 0 Å². The SMILES string of the molecule is NC(=O)CS(=O)C1CNC1. The quantitative estimate of drug-likeness (QED) is 0.514. The van der Waals surface area contributed by atoms with Gasteiger partial charge in [0.2, 0.25) is 5.91 Å². The zero-order valence-corrected chi connectivity index (χ0v) is 6.32. The van der Waals surface area contributed by atoms with Gasteiger partial charge in [-0.25, -0.2) is 0 Å². The summed E-state index contributed by atoms with van der Waals surface area (Å²) in [7, 11) is -1.05. The summed E-state index contributed by atoms with van der Waals surface area (Å²) >= 11 is 0. The van der Waals surface area contributed by atoms with Gasteiger partial charge in [-0.2, -0.15) is 0 Å². The summed E-state index contributed by atoms with van der Waals surface area (Å²) in [5.74, 6) is -0.475. The van der Waals surface area contributed by atoms with Gasteiger partial charge >= 0.3 is 0 Å². The van der Waals surface area contributed by atoms with Gasteiger partial charge in [-0.15, -0.1) is 0 Å². The first kappa shape index (κ1) is 7.68. The van der Waals surface area contributed by atoms with Crippen molar-refractivity contribution in [2.24, 2.45) is 5.73 Å². The number of hydrogen-bond donors (Lipinski definition) is 2. The molecule has 0 saturated carbocycles. The molecular weight excluding hydrogens is 152 g/mol. The second kappa shape index (κ2) is 3.12. The van der Waals surface area contributed by atoms with E-state index in [2.05, 4.69) is 5.32 Å². The molecule has 3 N–H and O–H groups in total. The van der Waals surface area contributed by atoms with E-state index in [1.165, 1.54) is 0 Å². The predicted molar refractivity (Wildman–Crippen MR) is 38.9 cm³/mol. The minimum absolute atomic E-state index is 0.00630. The Morgan fingerprint density at radius 3 is 2.60 bits per heavy atom. The molecule has 1 heterocycles. The molecule has 0 aromatic heterocycles. The molecule has 0 aromatic carbocycles. The molecule has 58 valence electrons. The highest BCUT2D eigenvalue weighted by Crippen LogP contribution is 2.01. The van der Waals surface area contributed by atoms with E-state index in [-0.39, 0.29) is 11.0 Å². The molecule has 4 nitrogen and oxygen atoms in total. The van der Waals surface area contributed by atoms with Crippen molar-refractivity contribution < 1.29 is 9.00 Å². The fourth-order valence-corrected chi connectivity index (χ4v) is 1.83. The monoisotopic (exact) mass is 162 g/mol. The Morgan fingerprint density at radius 2 is 2.30 bits per heavy atom. The van der Waals surface area contributed by atoms with Crippen LogP contribution in [0.1, 0.15) is 0 Å². The van der Waals surface area contributed by atoms with Crippen molar-refractivity contribution in [3.05, 3.63) is 0 Å². The van der Waals surface area contributed by atoms with Crippen LogP contribution in [0.3, 0.4) is 0 Å². The lowest BCUT2D eigenvalue weighted by atomic mass is 10.3. The number of nitrogens with two attached hydrogens (primary N) is 1. The first-order valence-electron chi connectivity index (χ1n) is 3.06. The lowest BCUT2D eigenvalue weighted by Crippen LogP contribution is -2.50. The van der Waals surface area contributed by atoms with Crippen molar-refractivity contribution in [3.8, 4) is 0 Å². The van der Waals surface area contributed by atoms with Gasteiger partial charge in [0.05, 0.1) is 5.25 Å². The van der Waals surface area contributed by atoms with Crippen LogP contribution in [-0.2, 0) is 15.6 Å². The second-order valence-corrected chi connectivity index (χ2v) is 3.99. The lowest BCUT2D eigenvalue weighted by Gasteiger charge is -2.25. The van der Waals surface area contributed by atoms with E-state index in [1.807, 2.05) is 0 Å². The summed E-state index contributed by atoms with van der Waals surface area (Å²) in [5.41, 5.74) is 4.86. The van der Waals surface area contributed by atoms with Crippen molar-refractivity contribution in [2.45, 2.75) is 5.25 Å². The molecule has 1 amide bonds. The third-order valence-corrected chi connectivity index (χ3v) is 3.05. The van der Waals surface area contributed by atoms with Gasteiger partial charge in [0, 0.05) is 23.9 Å². The standard InChI is InChI=1S/C5H10N2O2S/c6-5(8)3-10(9)4-1-7-2-4/h4,7H,1-3H2,(H2,6,8). The first-order chi connectivity index (χ1) is 4.70. The highest BCUT2D eigenvalue weighted by Gasteiger charge is 2.23. The van der Waals surface area contributed by atoms with E-state index in [1.54, 1.807) is 0 Å². The summed E-state index contributed by atoms with van der Waals surface area (Å²) in [6.07, 6.45) is 0. The van der Waals surface area contributed by atoms with Gasteiger partial charge < -0.3 is 11.1 Å². The number of nitrogens with one attached hydrogen (secondary N) is 1. The largest absolute Gasteiger partial charge is 0.369 e. The summed E-state index contributed by atoms with van der Waals surface area (Å²) in [5, 5.41) is 3.12. The van der Waals surface area contributed by atoms with E-state index < -0.39 is 16.7 Å². The molecule has 1 fully saturated rings. The molecule has 5 heteroatoms. The lowest BCUT2D eigenvalue weighted by molar-refractivity contribution is -0.115. The van der Waals surface area contributed by atoms with Crippen LogP contribution in [0.25, 0.3) is 0 Å². The van der Waals surface area contributed by atoms with Crippen LogP contribution in [-0.4, -0.2) is 34.2 Å². The van der Waals surface area contributed by atoms with Crippen LogP contribution in [0, 0.1) is 0 Å². The number of carbonyl (C=O) groups is 1. The summed E-state index contributed by atoms with van der Waals surface area (Å²) in [6, 6.07) is 0. The molecular formula is C5H10N2O2S. The van der Waals surface area contributed by atoms with Gasteiger partial charge in [0.1, 0.15) is 5.75 Å². The molecule has 1 saturated heterocycles. The number of rotatable bonds is 3. The Morgan fingerprint density at radius 1 is 1.70 bits per heavy atom. The molecule has 10 heavy (non-hydrogen) atoms. The van der Waals surface area contributed by atoms with Gasteiger partial charge in [-0.05, 0) is 0 Å². The minimum Gasteiger partial charge on any atom is -0.369 e. The first-order valence-corrected chi connectivity index (χ1v) is 4.44. The maximum atomic E-state index is 11.0. The van der Waals surface area contributed by atoms with Gasteiger partial charge in [-0.3, -0.25) is 9.00 Å². The zero-order chi connectivity index (χ0) is 7.56. The second-order valence-electron chi connectivity index (χ2n) is 2.27. The predicted octanol–water partition coefficient (Wildman–Crippen LogP) is -1.81. The fraction of sp³-hybridized carbons (Fsp3) is 0.800. The van der Waals surface area contributed by atoms with Gasteiger partial charge in [0.25, 0.3) is 0 Å². The molecule has 0 aliphatic carbocycles. The molecule has 1 aliphatic heterocycles. The average molecular weight is 162 g/mol. The van der Waals surface area contributed by atoms with Crippen molar-refractivity contribution in [1.82, 2.24) is 5.32 Å². The molecule has 1 unspecified atom stereocenters. The average Bonchev–Trinajstić information content (AvgIpc) is 1.55. The Bertz CT molecular complexity index is 167. The summed E-state index contributed by atoms with van der Waals surface area (Å²) < 4.78 is 11.0. The smallest absolute Gasteiger partial charge is 0.230 e. The third kappa shape index (κ3) is 1.78. The summed E-state index contributed by atoms with van der Waals surface area (Å²) in [6.45, 7) is 1.50. The highest BCUT2D eigenvalue weighted by molar-refractivity contribution is 7.86. The zero-order valence-electron chi connectivity index (χ0n) is 5.50. The van der Waals surface area contributed by atoms with Gasteiger partial charge in [0.15, 0.2) is 0 Å². The normalized spacial score (nSPS) is 21.6. The highest BCUT2D eigenvalue weighted by atomic mass is 32.2. The Balaban J connectivity index is 2.27. The molecule has 1 aliphatic rings. The number of primary amides is 1. The fourth-order valence-electron chi connectivity index (χ4n) is 0.706. The van der Waals surface area contributed by atoms with E-state index in [0.29, 0.717) is 0 Å². The molecule has 0 aromatic rings. The Labute approximate surface area is 61.6 Å². The number of hydrogen-bond acceptors (Lipinski definition) is 3. The third-order valence-electron chi connectivity index (χ3n) is 1.40. The molecule has 0 radical (unpaired) electrons. The van der Waals surface area contributed by atoms with E-state index in [0.717, 1.165) is 13.1 Å². The van der Waals surface area contributed by atoms with Crippen LogP contribution in [0.2, 0.25) is 0 Å². The van der Waals surface area contributed by atoms with Crippen molar-refractivity contribution in [2.75, 3.05) is 18.8 Å². The van der Waals surface area contributed by atoms with E-state index in [9.17, 15) is 9.00 Å². The van der Waals surface area contributed by atoms with E-state index in [4.69, 9.17) is 5.73 Å². The summed E-state index contributed by atoms with van der Waals surface area (Å²) in [4.78, 5) is 10.3. The topological polar surface area (TPSA) is 72.2 Å². The van der Waals surface area contributed by atoms with Crippen LogP contribution >= 0.6 is 0 Å². The molecule has 0 spiro atoms. The van der Waals surface area contributed by atoms with Crippen molar-refractivity contribution in [3.63, 3.8) is 0 Å². The van der Waals surface area contributed by atoms with Crippen LogP contribution < -0.4 is 11.1 Å². The molecule has 0 bridgehead atoms. The molecule has 1 atom stereocenters. The Hall–Kier alpha value is -0.420.